The van der Waals surface area contributed by atoms with E-state index in [-0.39, 0.29) is 6.10 Å². The van der Waals surface area contributed by atoms with Crippen molar-refractivity contribution < 1.29 is 9.84 Å². The van der Waals surface area contributed by atoms with Gasteiger partial charge in [-0.25, -0.2) is 0 Å². The molecule has 0 aromatic carbocycles. The summed E-state index contributed by atoms with van der Waals surface area (Å²) in [5.41, 5.74) is 0. The minimum Gasteiger partial charge on any atom is -0.393 e. The molecule has 0 amide bonds. The van der Waals surface area contributed by atoms with Gasteiger partial charge in [-0.15, -0.1) is 0 Å². The number of hydrogen-bond donors (Lipinski definition) is 1. The second-order valence-electron chi connectivity index (χ2n) is 4.11. The zero-order valence-electron chi connectivity index (χ0n) is 8.83. The van der Waals surface area contributed by atoms with Crippen LogP contribution in [-0.2, 0) is 4.74 Å². The molecule has 1 aliphatic rings. The lowest BCUT2D eigenvalue weighted by atomic mass is 9.86. The van der Waals surface area contributed by atoms with Crippen molar-refractivity contribution in [1.29, 1.82) is 0 Å². The van der Waals surface area contributed by atoms with Crippen molar-refractivity contribution in [2.45, 2.75) is 45.6 Å². The van der Waals surface area contributed by atoms with Crippen LogP contribution in [-0.4, -0.2) is 24.4 Å². The standard InChI is InChI=1S/C11H22O2/c1-3-9(4-2)7-10-8-13-6-5-11(10)12/h9-12H,3-8H2,1-2H3. The summed E-state index contributed by atoms with van der Waals surface area (Å²) in [7, 11) is 0. The van der Waals surface area contributed by atoms with E-state index in [1.807, 2.05) is 0 Å². The molecule has 2 nitrogen and oxygen atoms in total. The Balaban J connectivity index is 2.32. The lowest BCUT2D eigenvalue weighted by Gasteiger charge is -2.30. The van der Waals surface area contributed by atoms with Crippen LogP contribution in [0.5, 0.6) is 0 Å². The van der Waals surface area contributed by atoms with Crippen molar-refractivity contribution in [3.8, 4) is 0 Å². The van der Waals surface area contributed by atoms with Gasteiger partial charge in [0.2, 0.25) is 0 Å². The topological polar surface area (TPSA) is 29.5 Å². The fraction of sp³-hybridized carbons (Fsp3) is 1.00. The Kier molecular flexibility index (Phi) is 4.74. The average Bonchev–Trinajstić information content (AvgIpc) is 2.17. The highest BCUT2D eigenvalue weighted by molar-refractivity contribution is 4.75. The zero-order valence-corrected chi connectivity index (χ0v) is 8.83. The maximum absolute atomic E-state index is 9.73. The maximum Gasteiger partial charge on any atom is 0.0612 e. The predicted octanol–water partition coefficient (Wildman–Crippen LogP) is 2.21. The summed E-state index contributed by atoms with van der Waals surface area (Å²) in [6.45, 7) is 5.95. The summed E-state index contributed by atoms with van der Waals surface area (Å²) in [4.78, 5) is 0. The van der Waals surface area contributed by atoms with Gasteiger partial charge in [0.15, 0.2) is 0 Å². The molecule has 2 unspecified atom stereocenters. The highest BCUT2D eigenvalue weighted by Crippen LogP contribution is 2.25. The van der Waals surface area contributed by atoms with E-state index in [9.17, 15) is 5.11 Å². The molecule has 0 radical (unpaired) electrons. The first-order valence-electron chi connectivity index (χ1n) is 5.53. The molecule has 0 bridgehead atoms. The van der Waals surface area contributed by atoms with Crippen LogP contribution < -0.4 is 0 Å². The van der Waals surface area contributed by atoms with Crippen molar-refractivity contribution in [2.75, 3.05) is 13.2 Å². The van der Waals surface area contributed by atoms with Gasteiger partial charge in [-0.3, -0.25) is 0 Å². The Hall–Kier alpha value is -0.0800. The van der Waals surface area contributed by atoms with Gasteiger partial charge < -0.3 is 9.84 Å². The summed E-state index contributed by atoms with van der Waals surface area (Å²) in [5.74, 6) is 1.15. The van der Waals surface area contributed by atoms with E-state index in [4.69, 9.17) is 4.74 Å². The van der Waals surface area contributed by atoms with Gasteiger partial charge in [-0.05, 0) is 18.8 Å². The molecule has 2 atom stereocenters. The van der Waals surface area contributed by atoms with Gasteiger partial charge in [0.05, 0.1) is 12.7 Å². The molecule has 0 aromatic heterocycles. The fourth-order valence-electron chi connectivity index (χ4n) is 2.06. The smallest absolute Gasteiger partial charge is 0.0612 e. The first-order valence-corrected chi connectivity index (χ1v) is 5.53. The fourth-order valence-corrected chi connectivity index (χ4v) is 2.06. The molecule has 0 aliphatic carbocycles. The molecule has 1 saturated heterocycles. The van der Waals surface area contributed by atoms with Crippen molar-refractivity contribution in [2.24, 2.45) is 11.8 Å². The number of rotatable bonds is 4. The lowest BCUT2D eigenvalue weighted by Crippen LogP contribution is -2.33. The Morgan fingerprint density at radius 1 is 1.38 bits per heavy atom. The third-order valence-corrected chi connectivity index (χ3v) is 3.22. The van der Waals surface area contributed by atoms with Crippen molar-refractivity contribution in [1.82, 2.24) is 0 Å². The second-order valence-corrected chi connectivity index (χ2v) is 4.11. The maximum atomic E-state index is 9.73. The molecule has 1 rings (SSSR count). The second kappa shape index (κ2) is 5.61. The summed E-state index contributed by atoms with van der Waals surface area (Å²) in [6.07, 6.45) is 4.28. The van der Waals surface area contributed by atoms with Crippen LogP contribution in [0.25, 0.3) is 0 Å². The SMILES string of the molecule is CCC(CC)CC1COCCC1O. The Labute approximate surface area is 81.3 Å². The Morgan fingerprint density at radius 2 is 2.08 bits per heavy atom. The first-order chi connectivity index (χ1) is 6.27. The van der Waals surface area contributed by atoms with Gasteiger partial charge in [0.25, 0.3) is 0 Å². The molecule has 0 aromatic rings. The number of ether oxygens (including phenoxy) is 1. The molecule has 0 saturated carbocycles. The average molecular weight is 186 g/mol. The lowest BCUT2D eigenvalue weighted by molar-refractivity contribution is -0.0439. The molecule has 0 spiro atoms. The molecule has 13 heavy (non-hydrogen) atoms. The van der Waals surface area contributed by atoms with Gasteiger partial charge in [-0.2, -0.15) is 0 Å². The number of aliphatic hydroxyl groups is 1. The van der Waals surface area contributed by atoms with Crippen LogP contribution >= 0.6 is 0 Å². The van der Waals surface area contributed by atoms with Gasteiger partial charge in [0.1, 0.15) is 0 Å². The molecule has 2 heteroatoms. The molecular weight excluding hydrogens is 164 g/mol. The highest BCUT2D eigenvalue weighted by Gasteiger charge is 2.25. The predicted molar refractivity (Wildman–Crippen MR) is 53.6 cm³/mol. The van der Waals surface area contributed by atoms with E-state index in [1.54, 1.807) is 0 Å². The molecule has 1 aliphatic heterocycles. The van der Waals surface area contributed by atoms with Crippen LogP contribution in [0.1, 0.15) is 39.5 Å². The van der Waals surface area contributed by atoms with Gasteiger partial charge in [-0.1, -0.05) is 26.7 Å². The third-order valence-electron chi connectivity index (χ3n) is 3.22. The van der Waals surface area contributed by atoms with Crippen molar-refractivity contribution in [3.63, 3.8) is 0 Å². The summed E-state index contributed by atoms with van der Waals surface area (Å²) in [6, 6.07) is 0. The number of aliphatic hydroxyl groups excluding tert-OH is 1. The minimum atomic E-state index is -0.116. The number of hydrogen-bond acceptors (Lipinski definition) is 2. The van der Waals surface area contributed by atoms with Crippen LogP contribution in [0.3, 0.4) is 0 Å². The summed E-state index contributed by atoms with van der Waals surface area (Å²) in [5, 5.41) is 9.73. The molecule has 1 fully saturated rings. The Morgan fingerprint density at radius 3 is 2.62 bits per heavy atom. The monoisotopic (exact) mass is 186 g/mol. The third kappa shape index (κ3) is 3.28. The van der Waals surface area contributed by atoms with E-state index in [0.29, 0.717) is 5.92 Å². The van der Waals surface area contributed by atoms with E-state index in [2.05, 4.69) is 13.8 Å². The van der Waals surface area contributed by atoms with E-state index < -0.39 is 0 Å². The van der Waals surface area contributed by atoms with E-state index in [0.717, 1.165) is 32.0 Å². The molecular formula is C11H22O2. The normalized spacial score (nSPS) is 29.5. The summed E-state index contributed by atoms with van der Waals surface area (Å²) >= 11 is 0. The molecule has 78 valence electrons. The van der Waals surface area contributed by atoms with Crippen molar-refractivity contribution in [3.05, 3.63) is 0 Å². The van der Waals surface area contributed by atoms with Crippen LogP contribution in [0.4, 0.5) is 0 Å². The van der Waals surface area contributed by atoms with E-state index >= 15 is 0 Å². The highest BCUT2D eigenvalue weighted by atomic mass is 16.5. The van der Waals surface area contributed by atoms with Crippen LogP contribution in [0.15, 0.2) is 0 Å². The van der Waals surface area contributed by atoms with Gasteiger partial charge in [0, 0.05) is 12.5 Å². The van der Waals surface area contributed by atoms with Crippen LogP contribution in [0.2, 0.25) is 0 Å². The van der Waals surface area contributed by atoms with E-state index in [1.165, 1.54) is 12.8 Å². The van der Waals surface area contributed by atoms with Crippen LogP contribution in [0, 0.1) is 11.8 Å². The van der Waals surface area contributed by atoms with Gasteiger partial charge >= 0.3 is 0 Å². The summed E-state index contributed by atoms with van der Waals surface area (Å²) < 4.78 is 5.38. The van der Waals surface area contributed by atoms with Crippen molar-refractivity contribution >= 4 is 0 Å². The largest absolute Gasteiger partial charge is 0.393 e. The zero-order chi connectivity index (χ0) is 9.68. The Bertz CT molecular complexity index is 132. The molecule has 1 N–H and O–H groups in total. The first kappa shape index (κ1) is 11.0. The quantitative estimate of drug-likeness (QED) is 0.729. The molecule has 1 heterocycles. The minimum absolute atomic E-state index is 0.116.